The van der Waals surface area contributed by atoms with E-state index >= 15 is 0 Å². The van der Waals surface area contributed by atoms with Crippen LogP contribution in [0.25, 0.3) is 0 Å². The van der Waals surface area contributed by atoms with Gasteiger partial charge < -0.3 is 9.78 Å². The van der Waals surface area contributed by atoms with Crippen molar-refractivity contribution >= 4 is 17.3 Å². The predicted octanol–water partition coefficient (Wildman–Crippen LogP) is 0.491. The minimum Gasteiger partial charge on any atom is -0.338 e. The number of allylic oxidation sites excluding steroid dienone is 2. The minimum absolute atomic E-state index is 0.220. The van der Waals surface area contributed by atoms with Crippen LogP contribution in [0.5, 0.6) is 0 Å². The normalized spacial score (nSPS) is 11.5. The average Bonchev–Trinajstić information content (AvgIpc) is 2.23. The van der Waals surface area contributed by atoms with E-state index < -0.39 is 17.3 Å². The third-order valence-corrected chi connectivity index (χ3v) is 1.54. The van der Waals surface area contributed by atoms with Crippen molar-refractivity contribution in [2.45, 2.75) is 20.3 Å². The van der Waals surface area contributed by atoms with Gasteiger partial charge in [0.05, 0.1) is 20.6 Å². The first kappa shape index (κ1) is 15.3. The third kappa shape index (κ3) is 5.23. The first-order valence-electron chi connectivity index (χ1n) is 4.63. The van der Waals surface area contributed by atoms with Gasteiger partial charge in [-0.25, -0.2) is 0 Å². The molecule has 0 saturated heterocycles. The van der Waals surface area contributed by atoms with E-state index in [-0.39, 0.29) is 18.0 Å². The van der Waals surface area contributed by atoms with Crippen molar-refractivity contribution in [3.05, 3.63) is 11.5 Å². The largest absolute Gasteiger partial charge is 0.338 e. The maximum absolute atomic E-state index is 11.5. The zero-order valence-electron chi connectivity index (χ0n) is 10.1. The highest BCUT2D eigenvalue weighted by Gasteiger charge is 2.25. The van der Waals surface area contributed by atoms with Crippen molar-refractivity contribution in [2.75, 3.05) is 14.2 Å². The van der Waals surface area contributed by atoms with E-state index in [9.17, 15) is 14.4 Å². The fourth-order valence-corrected chi connectivity index (χ4v) is 0.928. The molecule has 0 rings (SSSR count). The molecule has 0 saturated carbocycles. The Morgan fingerprint density at radius 1 is 0.941 bits per heavy atom. The van der Waals surface area contributed by atoms with Gasteiger partial charge in [0.2, 0.25) is 5.78 Å². The summed E-state index contributed by atoms with van der Waals surface area (Å²) in [6.45, 7) is 2.33. The summed E-state index contributed by atoms with van der Waals surface area (Å²) in [5.41, 5.74) is 0. The highest BCUT2D eigenvalue weighted by atomic mass is 17.2. The Labute approximate surface area is 98.1 Å². The zero-order chi connectivity index (χ0) is 13.4. The number of hydrogen-bond acceptors (Lipinski definition) is 7. The van der Waals surface area contributed by atoms with Gasteiger partial charge >= 0.3 is 0 Å². The lowest BCUT2D eigenvalue weighted by Gasteiger charge is -2.09. The van der Waals surface area contributed by atoms with Gasteiger partial charge in [-0.3, -0.25) is 14.4 Å². The van der Waals surface area contributed by atoms with Crippen molar-refractivity contribution < 1.29 is 33.9 Å². The van der Waals surface area contributed by atoms with Crippen molar-refractivity contribution in [1.29, 1.82) is 0 Å². The molecule has 0 heterocycles. The molecule has 7 heteroatoms. The summed E-state index contributed by atoms with van der Waals surface area (Å²) in [5.74, 6) is -2.78. The summed E-state index contributed by atoms with van der Waals surface area (Å²) in [6.07, 6.45) is -0.258. The quantitative estimate of drug-likeness (QED) is 0.202. The molecule has 0 atom stereocenters. The van der Waals surface area contributed by atoms with E-state index in [1.54, 1.807) is 0 Å². The predicted molar refractivity (Wildman–Crippen MR) is 54.2 cm³/mol. The second-order valence-electron chi connectivity index (χ2n) is 3.02. The van der Waals surface area contributed by atoms with E-state index in [2.05, 4.69) is 19.6 Å². The first-order chi connectivity index (χ1) is 7.93. The van der Waals surface area contributed by atoms with E-state index in [0.717, 1.165) is 14.0 Å². The number of hydrogen-bond donors (Lipinski definition) is 0. The van der Waals surface area contributed by atoms with Crippen LogP contribution in [0.3, 0.4) is 0 Å². The molecule has 0 radical (unpaired) electrons. The molecule has 17 heavy (non-hydrogen) atoms. The van der Waals surface area contributed by atoms with E-state index in [1.807, 2.05) is 0 Å². The Morgan fingerprint density at radius 3 is 1.82 bits per heavy atom. The fraction of sp³-hybridized carbons (Fsp3) is 0.500. The second kappa shape index (κ2) is 7.53. The average molecular weight is 246 g/mol. The molecule has 0 N–H and O–H groups in total. The number of ketones is 3. The molecule has 0 unspecified atom stereocenters. The van der Waals surface area contributed by atoms with Crippen LogP contribution in [0.15, 0.2) is 11.5 Å². The number of rotatable bonds is 8. The zero-order valence-corrected chi connectivity index (χ0v) is 10.1. The van der Waals surface area contributed by atoms with Crippen molar-refractivity contribution in [3.63, 3.8) is 0 Å². The summed E-state index contributed by atoms with van der Waals surface area (Å²) < 4.78 is 0. The van der Waals surface area contributed by atoms with Crippen LogP contribution in [0.1, 0.15) is 20.3 Å². The molecule has 0 spiro atoms. The SMILES string of the molecule is COO/C(CC(C)=O)=C(\OOC)C(=O)C(C)=O. The molecule has 0 aliphatic heterocycles. The summed E-state index contributed by atoms with van der Waals surface area (Å²) in [5, 5.41) is 0. The summed E-state index contributed by atoms with van der Waals surface area (Å²) in [4.78, 5) is 51.2. The Bertz CT molecular complexity index is 343. The molecular formula is C10H14O7. The van der Waals surface area contributed by atoms with Crippen LogP contribution >= 0.6 is 0 Å². The van der Waals surface area contributed by atoms with Gasteiger partial charge in [-0.15, -0.1) is 0 Å². The Morgan fingerprint density at radius 2 is 1.47 bits per heavy atom. The van der Waals surface area contributed by atoms with Crippen molar-refractivity contribution in [1.82, 2.24) is 0 Å². The van der Waals surface area contributed by atoms with E-state index in [0.29, 0.717) is 0 Å². The minimum atomic E-state index is -0.972. The molecular weight excluding hydrogens is 232 g/mol. The molecule has 7 nitrogen and oxygen atoms in total. The highest BCUT2D eigenvalue weighted by molar-refractivity contribution is 6.42. The van der Waals surface area contributed by atoms with E-state index in [4.69, 9.17) is 0 Å². The fourth-order valence-electron chi connectivity index (χ4n) is 0.928. The standard InChI is InChI=1S/C10H14O7/c1-6(11)5-8(16-14-3)10(17-15-4)9(13)7(2)12/h5H2,1-4H3/b10-8-. The van der Waals surface area contributed by atoms with Crippen LogP contribution in [0, 0.1) is 0 Å². The molecule has 0 fully saturated rings. The smallest absolute Gasteiger partial charge is 0.270 e. The van der Waals surface area contributed by atoms with Gasteiger partial charge in [0.1, 0.15) is 5.78 Å². The Hall–Kier alpha value is -1.73. The topological polar surface area (TPSA) is 88.1 Å². The van der Waals surface area contributed by atoms with Gasteiger partial charge in [0, 0.05) is 6.92 Å². The van der Waals surface area contributed by atoms with Gasteiger partial charge in [0.25, 0.3) is 11.5 Å². The molecule has 0 aliphatic rings. The highest BCUT2D eigenvalue weighted by Crippen LogP contribution is 2.15. The lowest BCUT2D eigenvalue weighted by molar-refractivity contribution is -0.265. The van der Waals surface area contributed by atoms with Gasteiger partial charge in [0.15, 0.2) is 5.76 Å². The Balaban J connectivity index is 5.30. The summed E-state index contributed by atoms with van der Waals surface area (Å²) >= 11 is 0. The number of Topliss-reactive ketones (excluding diaryl/α,β-unsaturated/α-hetero) is 3. The second-order valence-corrected chi connectivity index (χ2v) is 3.02. The third-order valence-electron chi connectivity index (χ3n) is 1.54. The number of carbonyl (C=O) groups is 3. The van der Waals surface area contributed by atoms with E-state index in [1.165, 1.54) is 14.0 Å². The molecule has 0 aromatic rings. The number of carbonyl (C=O) groups excluding carboxylic acids is 3. The lowest BCUT2D eigenvalue weighted by Crippen LogP contribution is -2.18. The molecule has 0 amide bonds. The monoisotopic (exact) mass is 246 g/mol. The van der Waals surface area contributed by atoms with Gasteiger partial charge in [-0.05, 0) is 6.92 Å². The molecule has 0 aromatic heterocycles. The first-order valence-corrected chi connectivity index (χ1v) is 4.63. The molecule has 96 valence electrons. The maximum atomic E-state index is 11.5. The van der Waals surface area contributed by atoms with Crippen LogP contribution in [-0.4, -0.2) is 31.6 Å². The van der Waals surface area contributed by atoms with Crippen molar-refractivity contribution in [2.24, 2.45) is 0 Å². The summed E-state index contributed by atoms with van der Waals surface area (Å²) in [6, 6.07) is 0. The Kier molecular flexibility index (Phi) is 6.76. The van der Waals surface area contributed by atoms with Gasteiger partial charge in [-0.2, -0.15) is 9.78 Å². The molecule has 0 aromatic carbocycles. The van der Waals surface area contributed by atoms with Crippen LogP contribution in [0.2, 0.25) is 0 Å². The summed E-state index contributed by atoms with van der Waals surface area (Å²) in [7, 11) is 2.33. The molecule has 0 bridgehead atoms. The lowest BCUT2D eigenvalue weighted by atomic mass is 10.1. The van der Waals surface area contributed by atoms with Crippen LogP contribution in [-0.2, 0) is 33.9 Å². The van der Waals surface area contributed by atoms with Crippen molar-refractivity contribution in [3.8, 4) is 0 Å². The van der Waals surface area contributed by atoms with Gasteiger partial charge in [-0.1, -0.05) is 0 Å². The van der Waals surface area contributed by atoms with Crippen LogP contribution < -0.4 is 0 Å². The molecule has 0 aliphatic carbocycles. The maximum Gasteiger partial charge on any atom is 0.270 e. The van der Waals surface area contributed by atoms with Crippen LogP contribution in [0.4, 0.5) is 0 Å².